The van der Waals surface area contributed by atoms with Crippen LogP contribution in [0.5, 0.6) is 0 Å². The van der Waals surface area contributed by atoms with Gasteiger partial charge in [-0.2, -0.15) is 5.10 Å². The Morgan fingerprint density at radius 2 is 2.38 bits per heavy atom. The van der Waals surface area contributed by atoms with Crippen molar-refractivity contribution in [2.75, 3.05) is 0 Å². The van der Waals surface area contributed by atoms with E-state index in [9.17, 15) is 0 Å². The summed E-state index contributed by atoms with van der Waals surface area (Å²) in [5, 5.41) is 13.0. The quantitative estimate of drug-likeness (QED) is 0.707. The summed E-state index contributed by atoms with van der Waals surface area (Å²) in [6.45, 7) is -0.0873. The van der Waals surface area contributed by atoms with Crippen LogP contribution in [0.4, 0.5) is 0 Å². The van der Waals surface area contributed by atoms with Crippen LogP contribution in [0.2, 0.25) is 0 Å². The lowest BCUT2D eigenvalue weighted by Crippen LogP contribution is -2.03. The van der Waals surface area contributed by atoms with Gasteiger partial charge in [-0.05, 0) is 6.07 Å². The molecule has 0 unspecified atom stereocenters. The first-order valence-electron chi connectivity index (χ1n) is 3.81. The van der Waals surface area contributed by atoms with E-state index in [2.05, 4.69) is 15.1 Å². The third-order valence-electron chi connectivity index (χ3n) is 1.66. The number of nitrogens with zero attached hydrogens (tertiary/aromatic N) is 4. The molecule has 0 aromatic carbocycles. The maximum atomic E-state index is 9.00. The van der Waals surface area contributed by atoms with Crippen LogP contribution in [0.3, 0.4) is 0 Å². The smallest absolute Gasteiger partial charge is 0.162 e. The first-order valence-corrected chi connectivity index (χ1v) is 3.81. The van der Waals surface area contributed by atoms with E-state index in [0.29, 0.717) is 11.4 Å². The second kappa shape index (κ2) is 3.32. The molecule has 0 aliphatic rings. The Kier molecular flexibility index (Phi) is 2.01. The minimum atomic E-state index is -0.0873. The Balaban J connectivity index is 2.51. The molecule has 2 rings (SSSR count). The number of aromatic nitrogens is 4. The number of hydrogen-bond acceptors (Lipinski definition) is 4. The van der Waals surface area contributed by atoms with Crippen LogP contribution in [-0.4, -0.2) is 24.9 Å². The first kappa shape index (κ1) is 7.88. The molecule has 0 fully saturated rings. The van der Waals surface area contributed by atoms with Crippen molar-refractivity contribution in [3.63, 3.8) is 0 Å². The zero-order chi connectivity index (χ0) is 9.10. The van der Waals surface area contributed by atoms with Crippen LogP contribution in [-0.2, 0) is 6.61 Å². The van der Waals surface area contributed by atoms with E-state index in [0.717, 1.165) is 0 Å². The molecular formula is C8H8N4O. The molecular weight excluding hydrogens is 168 g/mol. The molecule has 0 saturated heterocycles. The topological polar surface area (TPSA) is 63.8 Å². The molecule has 0 amide bonds. The number of rotatable bonds is 2. The highest BCUT2D eigenvalue weighted by molar-refractivity contribution is 5.29. The Morgan fingerprint density at radius 3 is 3.08 bits per heavy atom. The normalized spacial score (nSPS) is 10.2. The van der Waals surface area contributed by atoms with E-state index in [4.69, 9.17) is 5.11 Å². The minimum absolute atomic E-state index is 0.0873. The van der Waals surface area contributed by atoms with Crippen molar-refractivity contribution in [2.24, 2.45) is 0 Å². The molecule has 0 bridgehead atoms. The van der Waals surface area contributed by atoms with Crippen molar-refractivity contribution in [3.8, 4) is 5.82 Å². The zero-order valence-electron chi connectivity index (χ0n) is 6.83. The predicted octanol–water partition coefficient (Wildman–Crippen LogP) is 0.155. The molecule has 2 aromatic heterocycles. The van der Waals surface area contributed by atoms with Crippen LogP contribution in [0.25, 0.3) is 5.82 Å². The molecule has 0 saturated carbocycles. The Labute approximate surface area is 74.7 Å². The molecule has 0 spiro atoms. The summed E-state index contributed by atoms with van der Waals surface area (Å²) in [5.74, 6) is 0.613. The zero-order valence-corrected chi connectivity index (χ0v) is 6.83. The number of aliphatic hydroxyl groups is 1. The molecule has 5 nitrogen and oxygen atoms in total. The lowest BCUT2D eigenvalue weighted by molar-refractivity contribution is 0.280. The summed E-state index contributed by atoms with van der Waals surface area (Å²) in [5.41, 5.74) is 0.659. The average Bonchev–Trinajstić information content (AvgIpc) is 2.70. The fourth-order valence-electron chi connectivity index (χ4n) is 1.06. The molecule has 1 N–H and O–H groups in total. The Morgan fingerprint density at radius 1 is 1.46 bits per heavy atom. The van der Waals surface area contributed by atoms with E-state index < -0.39 is 0 Å². The fourth-order valence-corrected chi connectivity index (χ4v) is 1.06. The van der Waals surface area contributed by atoms with E-state index in [1.807, 2.05) is 0 Å². The van der Waals surface area contributed by atoms with Gasteiger partial charge in [-0.3, -0.25) is 0 Å². The maximum Gasteiger partial charge on any atom is 0.162 e. The van der Waals surface area contributed by atoms with E-state index in [-0.39, 0.29) is 6.61 Å². The summed E-state index contributed by atoms with van der Waals surface area (Å²) < 4.78 is 1.59. The number of hydrogen-bond donors (Lipinski definition) is 1. The van der Waals surface area contributed by atoms with Crippen molar-refractivity contribution in [1.29, 1.82) is 0 Å². The summed E-state index contributed by atoms with van der Waals surface area (Å²) in [4.78, 5) is 7.84. The van der Waals surface area contributed by atoms with Gasteiger partial charge in [0.05, 0.1) is 6.61 Å². The SMILES string of the molecule is OCc1cncnc1-n1cccn1. The summed E-state index contributed by atoms with van der Waals surface area (Å²) in [6, 6.07) is 1.79. The molecule has 0 atom stereocenters. The van der Waals surface area contributed by atoms with E-state index >= 15 is 0 Å². The maximum absolute atomic E-state index is 9.00. The lowest BCUT2D eigenvalue weighted by Gasteiger charge is -2.03. The highest BCUT2D eigenvalue weighted by atomic mass is 16.3. The van der Waals surface area contributed by atoms with Crippen molar-refractivity contribution >= 4 is 0 Å². The van der Waals surface area contributed by atoms with Gasteiger partial charge >= 0.3 is 0 Å². The predicted molar refractivity (Wildman–Crippen MR) is 45.1 cm³/mol. The first-order chi connectivity index (χ1) is 6.42. The molecule has 2 aromatic rings. The molecule has 13 heavy (non-hydrogen) atoms. The summed E-state index contributed by atoms with van der Waals surface area (Å²) >= 11 is 0. The molecule has 5 heteroatoms. The lowest BCUT2D eigenvalue weighted by atomic mass is 10.3. The Hall–Kier alpha value is -1.75. The van der Waals surface area contributed by atoms with Crippen molar-refractivity contribution < 1.29 is 5.11 Å². The van der Waals surface area contributed by atoms with Gasteiger partial charge in [0, 0.05) is 24.2 Å². The van der Waals surface area contributed by atoms with E-state index in [1.54, 1.807) is 29.3 Å². The molecule has 66 valence electrons. The number of aliphatic hydroxyl groups excluding tert-OH is 1. The standard InChI is InChI=1S/C8H8N4O/c13-5-7-4-9-6-10-8(7)12-3-1-2-11-12/h1-4,6,13H,5H2. The van der Waals surface area contributed by atoms with Crippen molar-refractivity contribution in [1.82, 2.24) is 19.7 Å². The summed E-state index contributed by atoms with van der Waals surface area (Å²) in [6.07, 6.45) is 6.42. The second-order valence-electron chi connectivity index (χ2n) is 2.48. The van der Waals surface area contributed by atoms with Crippen molar-refractivity contribution in [2.45, 2.75) is 6.61 Å². The molecule has 0 radical (unpaired) electrons. The van der Waals surface area contributed by atoms with Gasteiger partial charge in [0.15, 0.2) is 5.82 Å². The van der Waals surface area contributed by atoms with Crippen LogP contribution in [0.15, 0.2) is 31.0 Å². The monoisotopic (exact) mass is 176 g/mol. The minimum Gasteiger partial charge on any atom is -0.391 e. The second-order valence-corrected chi connectivity index (χ2v) is 2.48. The largest absolute Gasteiger partial charge is 0.391 e. The molecule has 0 aliphatic heterocycles. The highest BCUT2D eigenvalue weighted by Crippen LogP contribution is 2.07. The van der Waals surface area contributed by atoms with Crippen molar-refractivity contribution in [3.05, 3.63) is 36.5 Å². The van der Waals surface area contributed by atoms with Gasteiger partial charge in [-0.15, -0.1) is 0 Å². The van der Waals surface area contributed by atoms with E-state index in [1.165, 1.54) is 6.33 Å². The van der Waals surface area contributed by atoms with Gasteiger partial charge in [-0.25, -0.2) is 14.6 Å². The van der Waals surface area contributed by atoms with Crippen LogP contribution in [0.1, 0.15) is 5.56 Å². The van der Waals surface area contributed by atoms with Gasteiger partial charge in [0.25, 0.3) is 0 Å². The van der Waals surface area contributed by atoms with Gasteiger partial charge in [0.2, 0.25) is 0 Å². The van der Waals surface area contributed by atoms with Crippen LogP contribution < -0.4 is 0 Å². The molecule has 0 aliphatic carbocycles. The van der Waals surface area contributed by atoms with Gasteiger partial charge in [-0.1, -0.05) is 0 Å². The third-order valence-corrected chi connectivity index (χ3v) is 1.66. The average molecular weight is 176 g/mol. The van der Waals surface area contributed by atoms with Crippen LogP contribution in [0, 0.1) is 0 Å². The fraction of sp³-hybridized carbons (Fsp3) is 0.125. The third kappa shape index (κ3) is 1.41. The van der Waals surface area contributed by atoms with Crippen LogP contribution >= 0.6 is 0 Å². The highest BCUT2D eigenvalue weighted by Gasteiger charge is 2.03. The van der Waals surface area contributed by atoms with Gasteiger partial charge in [0.1, 0.15) is 6.33 Å². The van der Waals surface area contributed by atoms with Gasteiger partial charge < -0.3 is 5.11 Å². The molecule has 2 heterocycles. The Bertz CT molecular complexity index is 385. The summed E-state index contributed by atoms with van der Waals surface area (Å²) in [7, 11) is 0.